The van der Waals surface area contributed by atoms with Gasteiger partial charge in [0.05, 0.1) is 12.7 Å². The number of aliphatic imine (C=N–C) groups is 1. The summed E-state index contributed by atoms with van der Waals surface area (Å²) in [4.78, 5) is 16.2. The Morgan fingerprint density at radius 1 is 1.23 bits per heavy atom. The standard InChI is InChI=1S/C20H14FNO4/c1-24-14-7-6-13-8-12(11-25-18(13)10-14)9-17-20(23)26-19(22-17)15-4-2-3-5-16(15)21/h2-10H,11H2,1H3/b17-9+. The molecule has 2 aliphatic heterocycles. The quantitative estimate of drug-likeness (QED) is 0.627. The number of ether oxygens (including phenoxy) is 3. The highest BCUT2D eigenvalue weighted by Crippen LogP contribution is 2.31. The molecule has 2 aliphatic rings. The number of rotatable bonds is 3. The van der Waals surface area contributed by atoms with E-state index in [4.69, 9.17) is 14.2 Å². The van der Waals surface area contributed by atoms with Gasteiger partial charge in [0.1, 0.15) is 23.9 Å². The van der Waals surface area contributed by atoms with E-state index in [1.807, 2.05) is 18.2 Å². The molecule has 4 rings (SSSR count). The molecule has 0 fully saturated rings. The minimum atomic E-state index is -0.621. The predicted octanol–water partition coefficient (Wildman–Crippen LogP) is 3.50. The summed E-state index contributed by atoms with van der Waals surface area (Å²) in [7, 11) is 1.59. The van der Waals surface area contributed by atoms with Gasteiger partial charge in [-0.25, -0.2) is 14.2 Å². The number of benzene rings is 2. The van der Waals surface area contributed by atoms with Crippen molar-refractivity contribution in [2.45, 2.75) is 0 Å². The first-order valence-electron chi connectivity index (χ1n) is 7.93. The van der Waals surface area contributed by atoms with Crippen LogP contribution >= 0.6 is 0 Å². The van der Waals surface area contributed by atoms with Gasteiger partial charge in [0.2, 0.25) is 5.90 Å². The molecular formula is C20H14FNO4. The van der Waals surface area contributed by atoms with Gasteiger partial charge in [-0.2, -0.15) is 0 Å². The Bertz CT molecular complexity index is 991. The smallest absolute Gasteiger partial charge is 0.363 e. The summed E-state index contributed by atoms with van der Waals surface area (Å²) >= 11 is 0. The van der Waals surface area contributed by atoms with Crippen molar-refractivity contribution in [2.75, 3.05) is 13.7 Å². The number of cyclic esters (lactones) is 1. The molecule has 0 bridgehead atoms. The van der Waals surface area contributed by atoms with E-state index >= 15 is 0 Å². The van der Waals surface area contributed by atoms with Crippen LogP contribution in [0.4, 0.5) is 4.39 Å². The van der Waals surface area contributed by atoms with Crippen molar-refractivity contribution in [3.8, 4) is 11.5 Å². The average Bonchev–Trinajstić information content (AvgIpc) is 3.02. The third-order valence-electron chi connectivity index (χ3n) is 4.00. The number of methoxy groups -OCH3 is 1. The third kappa shape index (κ3) is 2.97. The number of fused-ring (bicyclic) bond motifs is 1. The van der Waals surface area contributed by atoms with Gasteiger partial charge in [-0.15, -0.1) is 0 Å². The van der Waals surface area contributed by atoms with Gasteiger partial charge in [-0.1, -0.05) is 12.1 Å². The fraction of sp³-hybridized carbons (Fsp3) is 0.100. The Morgan fingerprint density at radius 3 is 2.88 bits per heavy atom. The van der Waals surface area contributed by atoms with Crippen LogP contribution < -0.4 is 9.47 Å². The Morgan fingerprint density at radius 2 is 2.08 bits per heavy atom. The summed E-state index contributed by atoms with van der Waals surface area (Å²) in [6, 6.07) is 11.5. The number of esters is 1. The number of hydrogen-bond acceptors (Lipinski definition) is 5. The van der Waals surface area contributed by atoms with E-state index in [1.165, 1.54) is 12.1 Å². The van der Waals surface area contributed by atoms with Crippen LogP contribution in [0.15, 0.2) is 64.8 Å². The highest BCUT2D eigenvalue weighted by atomic mass is 19.1. The predicted molar refractivity (Wildman–Crippen MR) is 93.6 cm³/mol. The Hall–Kier alpha value is -3.41. The average molecular weight is 351 g/mol. The van der Waals surface area contributed by atoms with Gasteiger partial charge in [-0.3, -0.25) is 0 Å². The molecule has 0 saturated heterocycles. The number of carbonyl (C=O) groups is 1. The number of nitrogens with zero attached hydrogens (tertiary/aromatic N) is 1. The molecule has 0 unspecified atom stereocenters. The lowest BCUT2D eigenvalue weighted by molar-refractivity contribution is -0.130. The van der Waals surface area contributed by atoms with Crippen molar-refractivity contribution < 1.29 is 23.4 Å². The van der Waals surface area contributed by atoms with E-state index in [1.54, 1.807) is 31.4 Å². The van der Waals surface area contributed by atoms with Crippen LogP contribution in [-0.2, 0) is 9.53 Å². The first-order valence-corrected chi connectivity index (χ1v) is 7.93. The van der Waals surface area contributed by atoms with Gasteiger partial charge >= 0.3 is 5.97 Å². The number of hydrogen-bond donors (Lipinski definition) is 0. The number of halogens is 1. The maximum atomic E-state index is 13.8. The van der Waals surface area contributed by atoms with Crippen LogP contribution in [-0.4, -0.2) is 25.6 Å². The topological polar surface area (TPSA) is 57.1 Å². The van der Waals surface area contributed by atoms with Gasteiger partial charge in [0.15, 0.2) is 5.70 Å². The van der Waals surface area contributed by atoms with Crippen molar-refractivity contribution >= 4 is 17.9 Å². The summed E-state index contributed by atoms with van der Waals surface area (Å²) in [5, 5.41) is 0. The van der Waals surface area contributed by atoms with Crippen LogP contribution in [0.25, 0.3) is 6.08 Å². The van der Waals surface area contributed by atoms with Crippen LogP contribution in [0.3, 0.4) is 0 Å². The maximum absolute atomic E-state index is 13.8. The van der Waals surface area contributed by atoms with Gasteiger partial charge < -0.3 is 14.2 Å². The van der Waals surface area contributed by atoms with Gasteiger partial charge in [0, 0.05) is 11.6 Å². The molecule has 0 saturated carbocycles. The van der Waals surface area contributed by atoms with Gasteiger partial charge in [-0.05, 0) is 42.0 Å². The van der Waals surface area contributed by atoms with Crippen molar-refractivity contribution in [3.05, 3.63) is 76.8 Å². The van der Waals surface area contributed by atoms with Crippen molar-refractivity contribution in [1.82, 2.24) is 0 Å². The largest absolute Gasteiger partial charge is 0.497 e. The molecule has 130 valence electrons. The highest BCUT2D eigenvalue weighted by Gasteiger charge is 2.26. The molecule has 0 radical (unpaired) electrons. The van der Waals surface area contributed by atoms with Crippen molar-refractivity contribution in [3.63, 3.8) is 0 Å². The fourth-order valence-corrected chi connectivity index (χ4v) is 2.71. The lowest BCUT2D eigenvalue weighted by Crippen LogP contribution is -2.08. The zero-order valence-electron chi connectivity index (χ0n) is 13.9. The Kier molecular flexibility index (Phi) is 4.01. The monoisotopic (exact) mass is 351 g/mol. The minimum absolute atomic E-state index is 0.0400. The molecule has 2 heterocycles. The summed E-state index contributed by atoms with van der Waals surface area (Å²) < 4.78 is 29.8. The summed E-state index contributed by atoms with van der Waals surface area (Å²) in [5.41, 5.74) is 1.88. The molecule has 0 aromatic heterocycles. The zero-order chi connectivity index (χ0) is 18.1. The lowest BCUT2D eigenvalue weighted by atomic mass is 10.1. The summed E-state index contributed by atoms with van der Waals surface area (Å²) in [6.07, 6.45) is 3.48. The highest BCUT2D eigenvalue weighted by molar-refractivity contribution is 6.11. The van der Waals surface area contributed by atoms with Crippen molar-refractivity contribution in [1.29, 1.82) is 0 Å². The normalized spacial score (nSPS) is 17.2. The van der Waals surface area contributed by atoms with Crippen molar-refractivity contribution in [2.24, 2.45) is 4.99 Å². The molecule has 0 N–H and O–H groups in total. The second-order valence-corrected chi connectivity index (χ2v) is 5.73. The van der Waals surface area contributed by atoms with E-state index in [2.05, 4.69) is 4.99 Å². The molecule has 0 aliphatic carbocycles. The Balaban J connectivity index is 1.65. The van der Waals surface area contributed by atoms with Crippen LogP contribution in [0.2, 0.25) is 0 Å². The summed E-state index contributed by atoms with van der Waals surface area (Å²) in [6.45, 7) is 0.279. The van der Waals surface area contributed by atoms with E-state index in [-0.39, 0.29) is 23.8 Å². The van der Waals surface area contributed by atoms with Gasteiger partial charge in [0.25, 0.3) is 0 Å². The molecule has 26 heavy (non-hydrogen) atoms. The molecule has 2 aromatic carbocycles. The molecular weight excluding hydrogens is 337 g/mol. The second kappa shape index (κ2) is 6.48. The van der Waals surface area contributed by atoms with Crippen LogP contribution in [0.5, 0.6) is 11.5 Å². The SMILES string of the molecule is COc1ccc2c(c1)OCC(/C=C1/N=C(c3ccccc3F)OC1=O)=C2. The minimum Gasteiger partial charge on any atom is -0.497 e. The van der Waals surface area contributed by atoms with E-state index < -0.39 is 11.8 Å². The molecule has 2 aromatic rings. The van der Waals surface area contributed by atoms with E-state index in [0.717, 1.165) is 11.1 Å². The third-order valence-corrected chi connectivity index (χ3v) is 4.00. The lowest BCUT2D eigenvalue weighted by Gasteiger charge is -2.16. The second-order valence-electron chi connectivity index (χ2n) is 5.73. The van der Waals surface area contributed by atoms with E-state index in [0.29, 0.717) is 11.5 Å². The first-order chi connectivity index (χ1) is 12.6. The van der Waals surface area contributed by atoms with Crippen LogP contribution in [0, 0.1) is 5.82 Å². The molecule has 0 spiro atoms. The number of carbonyl (C=O) groups excluding carboxylic acids is 1. The molecule has 0 amide bonds. The summed E-state index contributed by atoms with van der Waals surface area (Å²) in [5.74, 6) is 0.253. The Labute approximate surface area is 149 Å². The fourth-order valence-electron chi connectivity index (χ4n) is 2.71. The van der Waals surface area contributed by atoms with E-state index in [9.17, 15) is 9.18 Å². The molecule has 5 nitrogen and oxygen atoms in total. The zero-order valence-corrected chi connectivity index (χ0v) is 13.9. The molecule has 0 atom stereocenters. The first kappa shape index (κ1) is 16.1. The molecule has 6 heteroatoms. The van der Waals surface area contributed by atoms with Crippen LogP contribution in [0.1, 0.15) is 11.1 Å². The maximum Gasteiger partial charge on any atom is 0.363 e.